The summed E-state index contributed by atoms with van der Waals surface area (Å²) in [6.45, 7) is 5.65. The van der Waals surface area contributed by atoms with Crippen molar-refractivity contribution in [3.63, 3.8) is 0 Å². The molecule has 1 aliphatic carbocycles. The molecule has 1 heterocycles. The molecule has 90 valence electrons. The van der Waals surface area contributed by atoms with E-state index in [0.717, 1.165) is 27.2 Å². The smallest absolute Gasteiger partial charge is 0.107 e. The lowest BCUT2D eigenvalue weighted by atomic mass is 9.98. The molecule has 3 unspecified atom stereocenters. The molecule has 0 radical (unpaired) electrons. The highest BCUT2D eigenvalue weighted by atomic mass is 79.9. The van der Waals surface area contributed by atoms with Gasteiger partial charge in [0.15, 0.2) is 0 Å². The Morgan fingerprint density at radius 1 is 1.50 bits per heavy atom. The summed E-state index contributed by atoms with van der Waals surface area (Å²) in [6.07, 6.45) is 2.66. The largest absolute Gasteiger partial charge is 0.309 e. The van der Waals surface area contributed by atoms with Crippen LogP contribution in [-0.2, 0) is 6.54 Å². The summed E-state index contributed by atoms with van der Waals surface area (Å²) in [7, 11) is 0. The van der Waals surface area contributed by atoms with Gasteiger partial charge < -0.3 is 5.32 Å². The van der Waals surface area contributed by atoms with Crippen LogP contribution in [0.15, 0.2) is 10.5 Å². The van der Waals surface area contributed by atoms with E-state index in [1.54, 1.807) is 11.3 Å². The highest BCUT2D eigenvalue weighted by Gasteiger charge is 2.29. The van der Waals surface area contributed by atoms with Crippen molar-refractivity contribution in [2.75, 3.05) is 0 Å². The number of nitrogens with one attached hydrogen (secondary N) is 1. The topological polar surface area (TPSA) is 12.0 Å². The quantitative estimate of drug-likeness (QED) is 0.851. The molecule has 0 spiro atoms. The molecule has 2 rings (SSSR count). The summed E-state index contributed by atoms with van der Waals surface area (Å²) >= 11 is 11.1. The van der Waals surface area contributed by atoms with E-state index in [0.29, 0.717) is 6.04 Å². The number of hydrogen-bond acceptors (Lipinski definition) is 2. The van der Waals surface area contributed by atoms with Gasteiger partial charge in [-0.25, -0.2) is 0 Å². The predicted molar refractivity (Wildman–Crippen MR) is 75.2 cm³/mol. The number of rotatable bonds is 3. The highest BCUT2D eigenvalue weighted by Crippen LogP contribution is 2.34. The fourth-order valence-corrected chi connectivity index (χ4v) is 4.10. The first-order valence-electron chi connectivity index (χ1n) is 5.75. The van der Waals surface area contributed by atoms with Crippen LogP contribution in [0.1, 0.15) is 31.6 Å². The predicted octanol–water partition coefficient (Wildman–Crippen LogP) is 4.69. The van der Waals surface area contributed by atoms with Gasteiger partial charge in [0.2, 0.25) is 0 Å². The Morgan fingerprint density at radius 3 is 2.75 bits per heavy atom. The van der Waals surface area contributed by atoms with Crippen molar-refractivity contribution in [1.29, 1.82) is 0 Å². The third kappa shape index (κ3) is 2.81. The molecule has 3 atom stereocenters. The maximum Gasteiger partial charge on any atom is 0.107 e. The van der Waals surface area contributed by atoms with E-state index in [-0.39, 0.29) is 0 Å². The summed E-state index contributed by atoms with van der Waals surface area (Å²) in [5.74, 6) is 1.65. The van der Waals surface area contributed by atoms with Gasteiger partial charge in [-0.3, -0.25) is 0 Å². The molecular formula is C12H17BrClNS. The van der Waals surface area contributed by atoms with Crippen LogP contribution < -0.4 is 5.32 Å². The summed E-state index contributed by atoms with van der Waals surface area (Å²) in [5.41, 5.74) is 0. The Kier molecular flexibility index (Phi) is 4.33. The van der Waals surface area contributed by atoms with E-state index in [1.165, 1.54) is 17.7 Å². The van der Waals surface area contributed by atoms with Crippen LogP contribution in [0.2, 0.25) is 4.34 Å². The van der Waals surface area contributed by atoms with E-state index >= 15 is 0 Å². The number of hydrogen-bond donors (Lipinski definition) is 1. The average molecular weight is 323 g/mol. The third-order valence-electron chi connectivity index (χ3n) is 3.70. The molecule has 1 fully saturated rings. The molecule has 16 heavy (non-hydrogen) atoms. The zero-order valence-electron chi connectivity index (χ0n) is 9.59. The number of thiophene rings is 1. The van der Waals surface area contributed by atoms with Crippen LogP contribution in [0.5, 0.6) is 0 Å². The van der Waals surface area contributed by atoms with Gasteiger partial charge in [0.05, 0.1) is 0 Å². The Morgan fingerprint density at radius 2 is 2.25 bits per heavy atom. The molecule has 4 heteroatoms. The highest BCUT2D eigenvalue weighted by molar-refractivity contribution is 9.10. The molecule has 1 aromatic rings. The maximum atomic E-state index is 6.02. The first-order chi connectivity index (χ1) is 7.58. The van der Waals surface area contributed by atoms with Crippen LogP contribution in [0, 0.1) is 11.8 Å². The summed E-state index contributed by atoms with van der Waals surface area (Å²) in [4.78, 5) is 1.31. The van der Waals surface area contributed by atoms with E-state index in [1.807, 2.05) is 0 Å². The first-order valence-corrected chi connectivity index (χ1v) is 7.73. The second-order valence-corrected chi connectivity index (χ2v) is 7.33. The Hall–Kier alpha value is 0.430. The zero-order chi connectivity index (χ0) is 11.7. The van der Waals surface area contributed by atoms with Crippen molar-refractivity contribution < 1.29 is 0 Å². The van der Waals surface area contributed by atoms with Gasteiger partial charge >= 0.3 is 0 Å². The van der Waals surface area contributed by atoms with Gasteiger partial charge in [-0.05, 0) is 46.7 Å². The minimum absolute atomic E-state index is 0.676. The lowest BCUT2D eigenvalue weighted by molar-refractivity contribution is 0.370. The monoisotopic (exact) mass is 321 g/mol. The zero-order valence-corrected chi connectivity index (χ0v) is 12.8. The van der Waals surface area contributed by atoms with Gasteiger partial charge in [0, 0.05) is 21.9 Å². The average Bonchev–Trinajstić information content (AvgIpc) is 2.72. The van der Waals surface area contributed by atoms with Crippen LogP contribution >= 0.6 is 38.9 Å². The van der Waals surface area contributed by atoms with Crippen molar-refractivity contribution in [1.82, 2.24) is 5.32 Å². The third-order valence-corrected chi connectivity index (χ3v) is 6.17. The molecule has 1 aromatic heterocycles. The van der Waals surface area contributed by atoms with E-state index in [2.05, 4.69) is 41.2 Å². The Balaban J connectivity index is 1.88. The fourth-order valence-electron chi connectivity index (χ4n) is 2.36. The molecule has 0 aliphatic heterocycles. The lowest BCUT2D eigenvalue weighted by Gasteiger charge is -2.19. The van der Waals surface area contributed by atoms with Gasteiger partial charge in [-0.15, -0.1) is 11.3 Å². The minimum Gasteiger partial charge on any atom is -0.309 e. The maximum absolute atomic E-state index is 6.02. The van der Waals surface area contributed by atoms with Crippen molar-refractivity contribution in [2.45, 2.75) is 39.3 Å². The molecule has 1 aliphatic rings. The molecule has 1 saturated carbocycles. The molecule has 0 bridgehead atoms. The second-order valence-electron chi connectivity index (χ2n) is 4.74. The summed E-state index contributed by atoms with van der Waals surface area (Å²) in [6, 6.07) is 2.79. The van der Waals surface area contributed by atoms with Crippen LogP contribution in [0.3, 0.4) is 0 Å². The fraction of sp³-hybridized carbons (Fsp3) is 0.667. The standard InChI is InChI=1S/C12H17BrClNS/c1-7-3-4-11(8(7)2)15-6-9-5-10(13)12(14)16-9/h5,7-8,11,15H,3-4,6H2,1-2H3. The van der Waals surface area contributed by atoms with Crippen LogP contribution in [-0.4, -0.2) is 6.04 Å². The molecule has 1 N–H and O–H groups in total. The van der Waals surface area contributed by atoms with Gasteiger partial charge in [-0.1, -0.05) is 25.4 Å². The van der Waals surface area contributed by atoms with E-state index in [4.69, 9.17) is 11.6 Å². The van der Waals surface area contributed by atoms with Crippen LogP contribution in [0.4, 0.5) is 0 Å². The summed E-state index contributed by atoms with van der Waals surface area (Å²) in [5, 5.41) is 3.65. The minimum atomic E-state index is 0.676. The molecule has 0 aromatic carbocycles. The lowest BCUT2D eigenvalue weighted by Crippen LogP contribution is -2.31. The summed E-state index contributed by atoms with van der Waals surface area (Å²) < 4.78 is 1.87. The van der Waals surface area contributed by atoms with Crippen LogP contribution in [0.25, 0.3) is 0 Å². The van der Waals surface area contributed by atoms with Crippen molar-refractivity contribution in [2.24, 2.45) is 11.8 Å². The first kappa shape index (κ1) is 12.9. The van der Waals surface area contributed by atoms with E-state index in [9.17, 15) is 0 Å². The van der Waals surface area contributed by atoms with Crippen molar-refractivity contribution in [3.8, 4) is 0 Å². The van der Waals surface area contributed by atoms with Gasteiger partial charge in [0.1, 0.15) is 4.34 Å². The number of halogens is 2. The van der Waals surface area contributed by atoms with Gasteiger partial charge in [-0.2, -0.15) is 0 Å². The molecular weight excluding hydrogens is 306 g/mol. The SMILES string of the molecule is CC1CCC(NCc2cc(Br)c(Cl)s2)C1C. The van der Waals surface area contributed by atoms with Gasteiger partial charge in [0.25, 0.3) is 0 Å². The second kappa shape index (κ2) is 5.38. The Bertz CT molecular complexity index is 346. The van der Waals surface area contributed by atoms with Crippen molar-refractivity contribution >= 4 is 38.9 Å². The molecule has 1 nitrogen and oxygen atoms in total. The Labute approximate surface area is 115 Å². The van der Waals surface area contributed by atoms with Crippen molar-refractivity contribution in [3.05, 3.63) is 19.8 Å². The molecule has 0 saturated heterocycles. The normalized spacial score (nSPS) is 29.9. The molecule has 0 amide bonds. The van der Waals surface area contributed by atoms with E-state index < -0.39 is 0 Å².